The Labute approximate surface area is 129 Å². The van der Waals surface area contributed by atoms with E-state index in [0.717, 1.165) is 5.69 Å². The summed E-state index contributed by atoms with van der Waals surface area (Å²) >= 11 is 3.33. The van der Waals surface area contributed by atoms with Crippen molar-refractivity contribution in [3.63, 3.8) is 0 Å². The smallest absolute Gasteiger partial charge is 0.123 e. The Balaban J connectivity index is 1.94. The van der Waals surface area contributed by atoms with Gasteiger partial charge in [0.05, 0.1) is 11.9 Å². The largest absolute Gasteiger partial charge is 0.383 e. The van der Waals surface area contributed by atoms with Gasteiger partial charge in [-0.3, -0.25) is 0 Å². The molecule has 1 heterocycles. The summed E-state index contributed by atoms with van der Waals surface area (Å²) in [6.45, 7) is 0. The van der Waals surface area contributed by atoms with Crippen molar-refractivity contribution in [2.75, 3.05) is 0 Å². The molecule has 0 fully saturated rings. The molecule has 1 atom stereocenters. The van der Waals surface area contributed by atoms with Gasteiger partial charge < -0.3 is 5.11 Å². The number of para-hydroxylation sites is 1. The molecule has 0 aliphatic carbocycles. The Morgan fingerprint density at radius 3 is 2.67 bits per heavy atom. The van der Waals surface area contributed by atoms with Crippen LogP contribution in [0.25, 0.3) is 5.69 Å². The lowest BCUT2D eigenvalue weighted by atomic mass is 10.0. The molecule has 0 spiro atoms. The van der Waals surface area contributed by atoms with Crippen LogP contribution in [-0.4, -0.2) is 14.9 Å². The molecule has 106 valence electrons. The van der Waals surface area contributed by atoms with Gasteiger partial charge in [0.25, 0.3) is 0 Å². The predicted octanol–water partition coefficient (Wildman–Crippen LogP) is 3.86. The first-order valence-electron chi connectivity index (χ1n) is 6.38. The Morgan fingerprint density at radius 1 is 1.14 bits per heavy atom. The summed E-state index contributed by atoms with van der Waals surface area (Å²) in [6, 6.07) is 13.8. The molecule has 0 radical (unpaired) electrons. The van der Waals surface area contributed by atoms with Crippen molar-refractivity contribution in [1.29, 1.82) is 0 Å². The molecular formula is C16H12BrFN2O. The highest BCUT2D eigenvalue weighted by Gasteiger charge is 2.16. The van der Waals surface area contributed by atoms with E-state index in [9.17, 15) is 9.50 Å². The number of halogens is 2. The third-order valence-corrected chi connectivity index (χ3v) is 3.91. The molecular weight excluding hydrogens is 335 g/mol. The van der Waals surface area contributed by atoms with Crippen LogP contribution in [0.4, 0.5) is 4.39 Å². The molecule has 0 aliphatic heterocycles. The molecule has 0 bridgehead atoms. The highest BCUT2D eigenvalue weighted by molar-refractivity contribution is 9.10. The average Bonchev–Trinajstić information content (AvgIpc) is 3.00. The number of hydrogen-bond acceptors (Lipinski definition) is 2. The van der Waals surface area contributed by atoms with Crippen LogP contribution in [0.5, 0.6) is 0 Å². The molecule has 0 saturated heterocycles. The highest BCUT2D eigenvalue weighted by Crippen LogP contribution is 2.29. The molecule has 5 heteroatoms. The van der Waals surface area contributed by atoms with Crippen molar-refractivity contribution < 1.29 is 9.50 Å². The summed E-state index contributed by atoms with van der Waals surface area (Å²) in [5, 5.41) is 14.6. The lowest BCUT2D eigenvalue weighted by molar-refractivity contribution is 0.219. The van der Waals surface area contributed by atoms with Crippen molar-refractivity contribution in [3.8, 4) is 5.69 Å². The minimum absolute atomic E-state index is 0.386. The second-order valence-electron chi connectivity index (χ2n) is 4.62. The fourth-order valence-electron chi connectivity index (χ4n) is 2.10. The van der Waals surface area contributed by atoms with Gasteiger partial charge in [-0.2, -0.15) is 5.10 Å². The number of rotatable bonds is 3. The first kappa shape index (κ1) is 14.0. The summed E-state index contributed by atoms with van der Waals surface area (Å²) in [5.74, 6) is -0.386. The van der Waals surface area contributed by atoms with Crippen LogP contribution in [0.3, 0.4) is 0 Å². The van der Waals surface area contributed by atoms with Crippen LogP contribution in [0.2, 0.25) is 0 Å². The molecule has 0 amide bonds. The molecule has 0 saturated carbocycles. The van der Waals surface area contributed by atoms with Crippen LogP contribution in [-0.2, 0) is 0 Å². The Kier molecular flexibility index (Phi) is 3.86. The first-order chi connectivity index (χ1) is 10.1. The molecule has 21 heavy (non-hydrogen) atoms. The summed E-state index contributed by atoms with van der Waals surface area (Å²) in [6.07, 6.45) is 2.37. The number of nitrogens with zero attached hydrogens (tertiary/aromatic N) is 2. The SMILES string of the molecule is OC(c1cnn(-c2ccccc2)c1)c1cc(F)ccc1Br. The second-order valence-corrected chi connectivity index (χ2v) is 5.48. The van der Waals surface area contributed by atoms with Gasteiger partial charge in [0.1, 0.15) is 11.9 Å². The van der Waals surface area contributed by atoms with Crippen LogP contribution in [0.1, 0.15) is 17.2 Å². The molecule has 0 aliphatic rings. The molecule has 1 aromatic heterocycles. The van der Waals surface area contributed by atoms with E-state index in [1.807, 2.05) is 30.3 Å². The van der Waals surface area contributed by atoms with Crippen molar-refractivity contribution in [1.82, 2.24) is 9.78 Å². The van der Waals surface area contributed by atoms with Gasteiger partial charge in [-0.15, -0.1) is 0 Å². The maximum absolute atomic E-state index is 13.3. The van der Waals surface area contributed by atoms with Gasteiger partial charge in [0, 0.05) is 21.8 Å². The molecule has 1 unspecified atom stereocenters. The van der Waals surface area contributed by atoms with E-state index in [1.165, 1.54) is 12.1 Å². The fraction of sp³-hybridized carbons (Fsp3) is 0.0625. The van der Waals surface area contributed by atoms with E-state index in [-0.39, 0.29) is 5.82 Å². The van der Waals surface area contributed by atoms with Gasteiger partial charge in [0.15, 0.2) is 0 Å². The second kappa shape index (κ2) is 5.79. The number of aliphatic hydroxyl groups excluding tert-OH is 1. The molecule has 1 N–H and O–H groups in total. The monoisotopic (exact) mass is 346 g/mol. The lowest BCUT2D eigenvalue weighted by Gasteiger charge is -2.11. The van der Waals surface area contributed by atoms with Gasteiger partial charge in [-0.25, -0.2) is 9.07 Å². The van der Waals surface area contributed by atoms with Crippen molar-refractivity contribution in [3.05, 3.63) is 82.3 Å². The zero-order valence-electron chi connectivity index (χ0n) is 10.9. The maximum atomic E-state index is 13.3. The third kappa shape index (κ3) is 2.89. The Hall–Kier alpha value is -1.98. The quantitative estimate of drug-likeness (QED) is 0.781. The standard InChI is InChI=1S/C16H12BrFN2O/c17-15-7-6-12(18)8-14(15)16(21)11-9-19-20(10-11)13-4-2-1-3-5-13/h1-10,16,21H. The number of aliphatic hydroxyl groups is 1. The van der Waals surface area contributed by atoms with Gasteiger partial charge >= 0.3 is 0 Å². The number of aromatic nitrogens is 2. The molecule has 3 aromatic rings. The van der Waals surface area contributed by atoms with E-state index in [0.29, 0.717) is 15.6 Å². The zero-order chi connectivity index (χ0) is 14.8. The Morgan fingerprint density at radius 2 is 1.90 bits per heavy atom. The summed E-state index contributed by atoms with van der Waals surface area (Å²) in [4.78, 5) is 0. The minimum Gasteiger partial charge on any atom is -0.383 e. The maximum Gasteiger partial charge on any atom is 0.123 e. The average molecular weight is 347 g/mol. The van der Waals surface area contributed by atoms with Crippen molar-refractivity contribution in [2.24, 2.45) is 0 Å². The summed E-state index contributed by atoms with van der Waals surface area (Å²) < 4.78 is 15.7. The Bertz CT molecular complexity index is 758. The van der Waals surface area contributed by atoms with E-state index in [2.05, 4.69) is 21.0 Å². The van der Waals surface area contributed by atoms with Crippen molar-refractivity contribution in [2.45, 2.75) is 6.10 Å². The molecule has 3 rings (SSSR count). The van der Waals surface area contributed by atoms with Crippen LogP contribution < -0.4 is 0 Å². The summed E-state index contributed by atoms with van der Waals surface area (Å²) in [7, 11) is 0. The third-order valence-electron chi connectivity index (χ3n) is 3.19. The fourth-order valence-corrected chi connectivity index (χ4v) is 2.57. The number of benzene rings is 2. The van der Waals surface area contributed by atoms with E-state index in [1.54, 1.807) is 23.1 Å². The van der Waals surface area contributed by atoms with Crippen LogP contribution in [0, 0.1) is 5.82 Å². The first-order valence-corrected chi connectivity index (χ1v) is 7.17. The minimum atomic E-state index is -0.937. The van der Waals surface area contributed by atoms with E-state index in [4.69, 9.17) is 0 Å². The molecule has 2 aromatic carbocycles. The lowest BCUT2D eigenvalue weighted by Crippen LogP contribution is -2.00. The highest BCUT2D eigenvalue weighted by atomic mass is 79.9. The predicted molar refractivity (Wildman–Crippen MR) is 81.7 cm³/mol. The van der Waals surface area contributed by atoms with E-state index < -0.39 is 6.10 Å². The van der Waals surface area contributed by atoms with Gasteiger partial charge in [-0.05, 0) is 30.3 Å². The zero-order valence-corrected chi connectivity index (χ0v) is 12.5. The number of hydrogen-bond donors (Lipinski definition) is 1. The molecule has 3 nitrogen and oxygen atoms in total. The van der Waals surface area contributed by atoms with E-state index >= 15 is 0 Å². The van der Waals surface area contributed by atoms with Gasteiger partial charge in [-0.1, -0.05) is 34.1 Å². The van der Waals surface area contributed by atoms with Gasteiger partial charge in [0.2, 0.25) is 0 Å². The van der Waals surface area contributed by atoms with Crippen LogP contribution >= 0.6 is 15.9 Å². The topological polar surface area (TPSA) is 38.1 Å². The van der Waals surface area contributed by atoms with Crippen molar-refractivity contribution >= 4 is 15.9 Å². The normalized spacial score (nSPS) is 12.3. The summed E-state index contributed by atoms with van der Waals surface area (Å²) in [5.41, 5.74) is 1.97. The van der Waals surface area contributed by atoms with Crippen LogP contribution in [0.15, 0.2) is 65.4 Å².